The Kier molecular flexibility index (Phi) is 26.7. The number of ketones is 1. The summed E-state index contributed by atoms with van der Waals surface area (Å²) in [6.07, 6.45) is 3.07. The molecule has 0 rings (SSSR count). The van der Waals surface area contributed by atoms with E-state index >= 15 is 0 Å². The molecule has 0 radical (unpaired) electrons. The van der Waals surface area contributed by atoms with E-state index < -0.39 is 11.9 Å². The Morgan fingerprint density at radius 2 is 1.39 bits per heavy atom. The number of carboxylic acids is 2. The molecule has 0 spiro atoms. The van der Waals surface area contributed by atoms with Gasteiger partial charge in [-0.3, -0.25) is 4.79 Å². The number of rotatable bonds is 6. The number of carboxylic acid groups (broad SMARTS) is 2. The van der Waals surface area contributed by atoms with Crippen molar-refractivity contribution in [3.63, 3.8) is 0 Å². The number of aliphatic hydroxyl groups is 1. The standard InChI is InChI=1S/C7H14NO2.C2H2O4.H2N.Pt/c8-5-3-1-2-4-7(10)6-9;3-1(4)2(5)6;;/h8-9H,1-6H2;(H,3,4)(H,5,6);1H2;/q-1;;-1;+2. The molecule has 8 nitrogen and oxygen atoms in total. The SMILES string of the molecule is O=C(O)C(=O)O.[NH-]CCCCCC(=O)CO.[NH2-].[Pt+2]. The van der Waals surface area contributed by atoms with Crippen LogP contribution in [0.25, 0.3) is 11.9 Å². The van der Waals surface area contributed by atoms with E-state index in [-0.39, 0.29) is 39.6 Å². The van der Waals surface area contributed by atoms with Crippen molar-refractivity contribution in [1.29, 1.82) is 0 Å². The van der Waals surface area contributed by atoms with E-state index in [1.54, 1.807) is 0 Å². The zero-order valence-electron chi connectivity index (χ0n) is 9.70. The quantitative estimate of drug-likeness (QED) is 0.407. The number of nitrogens with two attached hydrogens (primary N) is 1. The van der Waals surface area contributed by atoms with Crippen LogP contribution in [0.2, 0.25) is 0 Å². The van der Waals surface area contributed by atoms with E-state index in [4.69, 9.17) is 30.6 Å². The zero-order chi connectivity index (χ0) is 13.0. The Morgan fingerprint density at radius 1 is 0.944 bits per heavy atom. The average Bonchev–Trinajstić information content (AvgIpc) is 2.24. The first-order valence-electron chi connectivity index (χ1n) is 4.69. The summed E-state index contributed by atoms with van der Waals surface area (Å²) in [6.45, 7) is 0.105. The molecule has 0 aromatic carbocycles. The molecule has 0 saturated heterocycles. The molecular formula is C9H18N2O6Pt. The third-order valence-electron chi connectivity index (χ3n) is 1.49. The molecule has 0 aliphatic heterocycles. The summed E-state index contributed by atoms with van der Waals surface area (Å²) in [4.78, 5) is 28.7. The van der Waals surface area contributed by atoms with Crippen LogP contribution in [0.15, 0.2) is 0 Å². The molecule has 0 aromatic heterocycles. The minimum Gasteiger partial charge on any atom is -0.693 e. The molecule has 0 amide bonds. The molecule has 0 fully saturated rings. The molecule has 0 heterocycles. The first-order valence-corrected chi connectivity index (χ1v) is 4.69. The fourth-order valence-electron chi connectivity index (χ4n) is 0.703. The number of Topliss-reactive ketones (excluding diaryl/α,β-unsaturated/α-hetero) is 1. The van der Waals surface area contributed by atoms with Gasteiger partial charge in [0.25, 0.3) is 0 Å². The van der Waals surface area contributed by atoms with Crippen LogP contribution in [-0.2, 0) is 35.4 Å². The fourth-order valence-corrected chi connectivity index (χ4v) is 0.703. The Morgan fingerprint density at radius 3 is 1.67 bits per heavy atom. The van der Waals surface area contributed by atoms with Gasteiger partial charge in [-0.15, -0.1) is 0 Å². The third-order valence-corrected chi connectivity index (χ3v) is 1.49. The van der Waals surface area contributed by atoms with Gasteiger partial charge in [0.15, 0.2) is 5.78 Å². The van der Waals surface area contributed by atoms with Gasteiger partial charge in [-0.1, -0.05) is 12.8 Å². The molecule has 0 aromatic rings. The predicted molar refractivity (Wildman–Crippen MR) is 60.3 cm³/mol. The van der Waals surface area contributed by atoms with E-state index in [1.165, 1.54) is 0 Å². The molecule has 18 heavy (non-hydrogen) atoms. The zero-order valence-corrected chi connectivity index (χ0v) is 12.0. The van der Waals surface area contributed by atoms with Crippen LogP contribution < -0.4 is 0 Å². The topological polar surface area (TPSA) is 169 Å². The summed E-state index contributed by atoms with van der Waals surface area (Å²) in [5, 5.41) is 23.1. The first kappa shape index (κ1) is 25.9. The van der Waals surface area contributed by atoms with Gasteiger partial charge in [0.05, 0.1) is 0 Å². The number of hydrogen-bond donors (Lipinski definition) is 3. The molecular weight excluding hydrogens is 427 g/mol. The van der Waals surface area contributed by atoms with Crippen molar-refractivity contribution in [3.8, 4) is 0 Å². The van der Waals surface area contributed by atoms with Crippen molar-refractivity contribution in [2.45, 2.75) is 25.7 Å². The molecule has 6 N–H and O–H groups in total. The first-order chi connectivity index (χ1) is 7.45. The number of carbonyl (C=O) groups excluding carboxylic acids is 1. The van der Waals surface area contributed by atoms with Crippen LogP contribution in [-0.4, -0.2) is 46.2 Å². The van der Waals surface area contributed by atoms with E-state index in [0.717, 1.165) is 19.3 Å². The van der Waals surface area contributed by atoms with E-state index in [9.17, 15) is 4.79 Å². The minimum atomic E-state index is -1.82. The summed E-state index contributed by atoms with van der Waals surface area (Å²) >= 11 is 0. The number of carbonyl (C=O) groups is 3. The molecule has 0 aliphatic carbocycles. The van der Waals surface area contributed by atoms with Crippen LogP contribution in [0.4, 0.5) is 0 Å². The van der Waals surface area contributed by atoms with Crippen molar-refractivity contribution < 1.29 is 50.8 Å². The van der Waals surface area contributed by atoms with Crippen LogP contribution in [0.3, 0.4) is 0 Å². The number of aliphatic carboxylic acids is 2. The van der Waals surface area contributed by atoms with Gasteiger partial charge in [0, 0.05) is 6.42 Å². The molecule has 0 aliphatic rings. The Balaban J connectivity index is -0.000000108. The number of hydrogen-bond acceptors (Lipinski definition) is 4. The monoisotopic (exact) mass is 445 g/mol. The molecule has 0 unspecified atom stereocenters. The Bertz CT molecular complexity index is 225. The Labute approximate surface area is 119 Å². The third kappa shape index (κ3) is 24.4. The van der Waals surface area contributed by atoms with Crippen LogP contribution in [0.1, 0.15) is 25.7 Å². The average molecular weight is 445 g/mol. The normalized spacial score (nSPS) is 7.89. The van der Waals surface area contributed by atoms with Crippen LogP contribution in [0, 0.1) is 0 Å². The molecule has 9 heteroatoms. The predicted octanol–water partition coefficient (Wildman–Crippen LogP) is 1.03. The molecule has 0 saturated carbocycles. The van der Waals surface area contributed by atoms with Gasteiger partial charge >= 0.3 is 33.0 Å². The van der Waals surface area contributed by atoms with Crippen molar-refractivity contribution >= 4 is 17.7 Å². The van der Waals surface area contributed by atoms with E-state index in [0.29, 0.717) is 13.0 Å². The van der Waals surface area contributed by atoms with Gasteiger partial charge in [-0.25, -0.2) is 9.59 Å². The van der Waals surface area contributed by atoms with Crippen molar-refractivity contribution in [1.82, 2.24) is 0 Å². The molecule has 110 valence electrons. The Hall–Kier alpha value is -0.822. The van der Waals surface area contributed by atoms with E-state index in [1.807, 2.05) is 0 Å². The second-order valence-electron chi connectivity index (χ2n) is 2.87. The minimum absolute atomic E-state index is 0. The number of aliphatic hydroxyl groups excluding tert-OH is 1. The van der Waals surface area contributed by atoms with Gasteiger partial charge in [0.1, 0.15) is 6.61 Å². The van der Waals surface area contributed by atoms with Crippen LogP contribution in [0.5, 0.6) is 0 Å². The summed E-state index contributed by atoms with van der Waals surface area (Å²) < 4.78 is 0. The van der Waals surface area contributed by atoms with Gasteiger partial charge in [-0.05, 0) is 6.42 Å². The van der Waals surface area contributed by atoms with Crippen LogP contribution >= 0.6 is 0 Å². The van der Waals surface area contributed by atoms with Gasteiger partial charge in [-0.2, -0.15) is 6.54 Å². The summed E-state index contributed by atoms with van der Waals surface area (Å²) in [7, 11) is 0. The van der Waals surface area contributed by atoms with Crippen molar-refractivity contribution in [2.24, 2.45) is 0 Å². The van der Waals surface area contributed by atoms with Gasteiger partial charge in [0.2, 0.25) is 0 Å². The molecule has 0 bridgehead atoms. The maximum Gasteiger partial charge on any atom is 2.00 e. The number of unbranched alkanes of at least 4 members (excludes halogenated alkanes) is 2. The van der Waals surface area contributed by atoms with Crippen molar-refractivity contribution in [2.75, 3.05) is 13.2 Å². The summed E-state index contributed by atoms with van der Waals surface area (Å²) in [5.74, 6) is -3.74. The number of nitrogens with one attached hydrogen (secondary N) is 1. The second kappa shape index (κ2) is 18.5. The maximum absolute atomic E-state index is 10.5. The van der Waals surface area contributed by atoms with Gasteiger partial charge < -0.3 is 27.2 Å². The fraction of sp³-hybridized carbons (Fsp3) is 0.667. The second-order valence-corrected chi connectivity index (χ2v) is 2.87. The van der Waals surface area contributed by atoms with Crippen molar-refractivity contribution in [3.05, 3.63) is 11.9 Å². The maximum atomic E-state index is 10.5. The molecule has 0 atom stereocenters. The summed E-state index contributed by atoms with van der Waals surface area (Å²) in [6, 6.07) is 0. The largest absolute Gasteiger partial charge is 2.00 e. The summed E-state index contributed by atoms with van der Waals surface area (Å²) in [5.41, 5.74) is 6.80. The van der Waals surface area contributed by atoms with E-state index in [2.05, 4.69) is 0 Å². The smallest absolute Gasteiger partial charge is 0.693 e.